The highest BCUT2D eigenvalue weighted by molar-refractivity contribution is 5.93. The Morgan fingerprint density at radius 1 is 1.03 bits per heavy atom. The second-order valence-corrected chi connectivity index (χ2v) is 5.91. The average Bonchev–Trinajstić information content (AvgIpc) is 2.72. The lowest BCUT2D eigenvalue weighted by molar-refractivity contribution is -0.137. The first-order chi connectivity index (χ1) is 14.3. The van der Waals surface area contributed by atoms with Gasteiger partial charge in [0, 0.05) is 7.11 Å². The second kappa shape index (κ2) is 10.5. The third-order valence-electron chi connectivity index (χ3n) is 3.83. The number of aldehydes is 1. The Hall–Kier alpha value is -3.27. The maximum Gasteiger partial charge on any atom is 0.416 e. The predicted molar refractivity (Wildman–Crippen MR) is 101 cm³/mol. The van der Waals surface area contributed by atoms with Crippen LogP contribution < -0.4 is 19.5 Å². The summed E-state index contributed by atoms with van der Waals surface area (Å²) in [6, 6.07) is 7.14. The van der Waals surface area contributed by atoms with E-state index in [1.165, 1.54) is 32.4 Å². The highest BCUT2D eigenvalue weighted by Crippen LogP contribution is 2.35. The SMILES string of the molecule is COCCOc1ccc(C(F)(F)F)cc1NC(=O)COc1ccc(OC)cc1C=O. The zero-order chi connectivity index (χ0) is 22.1. The number of rotatable bonds is 10. The van der Waals surface area contributed by atoms with Crippen LogP contribution in [0, 0.1) is 0 Å². The van der Waals surface area contributed by atoms with Gasteiger partial charge in [0.2, 0.25) is 0 Å². The van der Waals surface area contributed by atoms with Gasteiger partial charge < -0.3 is 24.3 Å². The van der Waals surface area contributed by atoms with Gasteiger partial charge in [-0.3, -0.25) is 9.59 Å². The molecule has 0 heterocycles. The van der Waals surface area contributed by atoms with Gasteiger partial charge in [0.25, 0.3) is 5.91 Å². The van der Waals surface area contributed by atoms with Crippen molar-refractivity contribution in [1.82, 2.24) is 0 Å². The highest BCUT2D eigenvalue weighted by atomic mass is 19.4. The minimum absolute atomic E-state index is 0.0476. The quantitative estimate of drug-likeness (QED) is 0.461. The lowest BCUT2D eigenvalue weighted by Gasteiger charge is -2.16. The van der Waals surface area contributed by atoms with Gasteiger partial charge in [-0.25, -0.2) is 0 Å². The lowest BCUT2D eigenvalue weighted by Crippen LogP contribution is -2.21. The molecular weight excluding hydrogens is 407 g/mol. The van der Waals surface area contributed by atoms with Gasteiger partial charge in [-0.15, -0.1) is 0 Å². The fraction of sp³-hybridized carbons (Fsp3) is 0.300. The molecule has 0 unspecified atom stereocenters. The van der Waals surface area contributed by atoms with E-state index in [0.29, 0.717) is 12.0 Å². The van der Waals surface area contributed by atoms with Crippen molar-refractivity contribution < 1.29 is 41.7 Å². The van der Waals surface area contributed by atoms with Crippen LogP contribution >= 0.6 is 0 Å². The summed E-state index contributed by atoms with van der Waals surface area (Å²) in [5, 5.41) is 2.34. The molecule has 0 radical (unpaired) electrons. The van der Waals surface area contributed by atoms with E-state index in [1.807, 2.05) is 0 Å². The number of ether oxygens (including phenoxy) is 4. The Morgan fingerprint density at radius 2 is 1.77 bits per heavy atom. The van der Waals surface area contributed by atoms with E-state index in [0.717, 1.165) is 18.2 Å². The summed E-state index contributed by atoms with van der Waals surface area (Å²) in [5.41, 5.74) is -0.958. The summed E-state index contributed by atoms with van der Waals surface area (Å²) in [6.07, 6.45) is -4.06. The fourth-order valence-electron chi connectivity index (χ4n) is 2.37. The maximum atomic E-state index is 13.0. The van der Waals surface area contributed by atoms with E-state index < -0.39 is 24.3 Å². The monoisotopic (exact) mass is 427 g/mol. The molecule has 2 rings (SSSR count). The zero-order valence-corrected chi connectivity index (χ0v) is 16.2. The molecule has 1 N–H and O–H groups in total. The van der Waals surface area contributed by atoms with Crippen LogP contribution in [-0.4, -0.2) is 46.2 Å². The Bertz CT molecular complexity index is 885. The van der Waals surface area contributed by atoms with E-state index in [2.05, 4.69) is 5.32 Å². The molecule has 0 fully saturated rings. The van der Waals surface area contributed by atoms with Crippen molar-refractivity contribution in [2.75, 3.05) is 39.4 Å². The largest absolute Gasteiger partial charge is 0.497 e. The standard InChI is InChI=1S/C20H20F3NO6/c1-27-7-8-29-18-5-3-14(20(21,22)23)10-16(18)24-19(26)12-30-17-6-4-15(28-2)9-13(17)11-25/h3-6,9-11H,7-8,12H2,1-2H3,(H,24,26). The van der Waals surface area contributed by atoms with Gasteiger partial charge in [0.05, 0.1) is 30.5 Å². The normalized spacial score (nSPS) is 11.0. The van der Waals surface area contributed by atoms with E-state index >= 15 is 0 Å². The molecule has 0 aliphatic carbocycles. The average molecular weight is 427 g/mol. The molecule has 2 aromatic carbocycles. The van der Waals surface area contributed by atoms with Crippen molar-refractivity contribution in [3.63, 3.8) is 0 Å². The Morgan fingerprint density at radius 3 is 2.40 bits per heavy atom. The Balaban J connectivity index is 2.13. The topological polar surface area (TPSA) is 83.1 Å². The Kier molecular flexibility index (Phi) is 8.05. The molecule has 0 atom stereocenters. The van der Waals surface area contributed by atoms with Crippen LogP contribution in [0.2, 0.25) is 0 Å². The van der Waals surface area contributed by atoms with Crippen LogP contribution in [-0.2, 0) is 15.7 Å². The van der Waals surface area contributed by atoms with Crippen LogP contribution in [0.5, 0.6) is 17.2 Å². The van der Waals surface area contributed by atoms with Gasteiger partial charge in [-0.05, 0) is 36.4 Å². The van der Waals surface area contributed by atoms with Crippen molar-refractivity contribution in [2.24, 2.45) is 0 Å². The lowest BCUT2D eigenvalue weighted by atomic mass is 10.1. The number of benzene rings is 2. The predicted octanol–water partition coefficient (Wildman–Crippen LogP) is 3.57. The molecule has 0 aliphatic rings. The maximum absolute atomic E-state index is 13.0. The molecule has 0 spiro atoms. The molecule has 0 aromatic heterocycles. The molecule has 7 nitrogen and oxygen atoms in total. The summed E-state index contributed by atoms with van der Waals surface area (Å²) < 4.78 is 59.6. The number of anilines is 1. The van der Waals surface area contributed by atoms with Gasteiger partial charge >= 0.3 is 6.18 Å². The number of alkyl halides is 3. The summed E-state index contributed by atoms with van der Waals surface area (Å²) in [5.74, 6) is -0.137. The first kappa shape index (κ1) is 23.0. The highest BCUT2D eigenvalue weighted by Gasteiger charge is 2.31. The van der Waals surface area contributed by atoms with E-state index in [1.54, 1.807) is 0 Å². The number of halogens is 3. The van der Waals surface area contributed by atoms with E-state index in [-0.39, 0.29) is 36.0 Å². The first-order valence-corrected chi connectivity index (χ1v) is 8.67. The summed E-state index contributed by atoms with van der Waals surface area (Å²) in [4.78, 5) is 23.4. The molecule has 10 heteroatoms. The van der Waals surface area contributed by atoms with E-state index in [9.17, 15) is 22.8 Å². The Labute approximate surface area is 170 Å². The number of carbonyl (C=O) groups excluding carboxylic acids is 2. The molecule has 0 saturated heterocycles. The third-order valence-corrected chi connectivity index (χ3v) is 3.83. The zero-order valence-electron chi connectivity index (χ0n) is 16.2. The molecule has 0 aliphatic heterocycles. The molecule has 0 saturated carbocycles. The molecular formula is C20H20F3NO6. The molecule has 1 amide bonds. The third kappa shape index (κ3) is 6.38. The van der Waals surface area contributed by atoms with Gasteiger partial charge in [0.15, 0.2) is 12.9 Å². The summed E-state index contributed by atoms with van der Waals surface area (Å²) >= 11 is 0. The van der Waals surface area contributed by atoms with Crippen LogP contribution in [0.15, 0.2) is 36.4 Å². The molecule has 30 heavy (non-hydrogen) atoms. The summed E-state index contributed by atoms with van der Waals surface area (Å²) in [7, 11) is 2.88. The number of methoxy groups -OCH3 is 2. The number of carbonyl (C=O) groups is 2. The number of nitrogens with one attached hydrogen (secondary N) is 1. The first-order valence-electron chi connectivity index (χ1n) is 8.67. The van der Waals surface area contributed by atoms with Crippen molar-refractivity contribution in [2.45, 2.75) is 6.18 Å². The van der Waals surface area contributed by atoms with Crippen molar-refractivity contribution in [1.29, 1.82) is 0 Å². The number of amides is 1. The summed E-state index contributed by atoms with van der Waals surface area (Å²) in [6.45, 7) is -0.250. The molecule has 0 bridgehead atoms. The number of hydrogen-bond acceptors (Lipinski definition) is 6. The van der Waals surface area contributed by atoms with Gasteiger partial charge in [0.1, 0.15) is 23.9 Å². The number of hydrogen-bond donors (Lipinski definition) is 1. The van der Waals surface area contributed by atoms with Crippen LogP contribution in [0.25, 0.3) is 0 Å². The van der Waals surface area contributed by atoms with Crippen LogP contribution in [0.3, 0.4) is 0 Å². The fourth-order valence-corrected chi connectivity index (χ4v) is 2.37. The van der Waals surface area contributed by atoms with Crippen LogP contribution in [0.4, 0.5) is 18.9 Å². The minimum atomic E-state index is -4.59. The second-order valence-electron chi connectivity index (χ2n) is 5.91. The van der Waals surface area contributed by atoms with E-state index in [4.69, 9.17) is 18.9 Å². The van der Waals surface area contributed by atoms with Crippen LogP contribution in [0.1, 0.15) is 15.9 Å². The van der Waals surface area contributed by atoms with Crippen molar-refractivity contribution >= 4 is 17.9 Å². The van der Waals surface area contributed by atoms with Crippen molar-refractivity contribution in [3.8, 4) is 17.2 Å². The van der Waals surface area contributed by atoms with Gasteiger partial charge in [-0.1, -0.05) is 0 Å². The van der Waals surface area contributed by atoms with Gasteiger partial charge in [-0.2, -0.15) is 13.2 Å². The molecule has 162 valence electrons. The smallest absolute Gasteiger partial charge is 0.416 e. The molecule has 2 aromatic rings. The van der Waals surface area contributed by atoms with Crippen molar-refractivity contribution in [3.05, 3.63) is 47.5 Å². The minimum Gasteiger partial charge on any atom is -0.497 e.